The molecular formula is C11H22N2O3. The lowest BCUT2D eigenvalue weighted by Gasteiger charge is -2.27. The highest BCUT2D eigenvalue weighted by Crippen LogP contribution is 2.03. The molecule has 0 rings (SSSR count). The lowest BCUT2D eigenvalue weighted by Crippen LogP contribution is -2.46. The van der Waals surface area contributed by atoms with E-state index >= 15 is 0 Å². The zero-order valence-electron chi connectivity index (χ0n) is 10.3. The van der Waals surface area contributed by atoms with E-state index in [4.69, 9.17) is 5.11 Å². The zero-order valence-corrected chi connectivity index (χ0v) is 10.3. The molecule has 0 saturated heterocycles. The molecule has 0 aromatic rings. The van der Waals surface area contributed by atoms with Gasteiger partial charge in [0.15, 0.2) is 0 Å². The zero-order chi connectivity index (χ0) is 12.6. The molecule has 0 saturated carbocycles. The van der Waals surface area contributed by atoms with Crippen LogP contribution in [-0.2, 0) is 9.59 Å². The molecule has 0 aromatic carbocycles. The fraction of sp³-hybridized carbons (Fsp3) is 0.818. The van der Waals surface area contributed by atoms with Gasteiger partial charge >= 0.3 is 5.97 Å². The molecule has 94 valence electrons. The summed E-state index contributed by atoms with van der Waals surface area (Å²) in [5.74, 6) is -0.969. The molecular weight excluding hydrogens is 208 g/mol. The summed E-state index contributed by atoms with van der Waals surface area (Å²) in [6, 6.07) is -0.149. The van der Waals surface area contributed by atoms with Gasteiger partial charge in [-0.05, 0) is 19.5 Å². The van der Waals surface area contributed by atoms with Crippen LogP contribution in [0.25, 0.3) is 0 Å². The minimum atomic E-state index is -0.892. The number of hydrogen-bond acceptors (Lipinski definition) is 3. The number of amides is 1. The Morgan fingerprint density at radius 3 is 2.19 bits per heavy atom. The van der Waals surface area contributed by atoms with Gasteiger partial charge in [-0.25, -0.2) is 0 Å². The highest BCUT2D eigenvalue weighted by molar-refractivity contribution is 5.82. The molecule has 1 amide bonds. The maximum Gasteiger partial charge on any atom is 0.305 e. The Balaban J connectivity index is 4.14. The van der Waals surface area contributed by atoms with Crippen molar-refractivity contribution in [1.82, 2.24) is 10.2 Å². The van der Waals surface area contributed by atoms with E-state index < -0.39 is 5.97 Å². The lowest BCUT2D eigenvalue weighted by atomic mass is 10.1. The first-order valence-electron chi connectivity index (χ1n) is 5.80. The summed E-state index contributed by atoms with van der Waals surface area (Å²) in [5.41, 5.74) is 0. The van der Waals surface area contributed by atoms with Gasteiger partial charge in [0.2, 0.25) is 5.91 Å². The maximum atomic E-state index is 11.8. The van der Waals surface area contributed by atoms with E-state index in [2.05, 4.69) is 10.2 Å². The van der Waals surface area contributed by atoms with Crippen molar-refractivity contribution in [2.45, 2.75) is 39.7 Å². The number of nitrogens with zero attached hydrogens (tertiary/aromatic N) is 1. The Kier molecular flexibility index (Phi) is 7.54. The van der Waals surface area contributed by atoms with E-state index in [0.29, 0.717) is 0 Å². The maximum absolute atomic E-state index is 11.8. The fourth-order valence-electron chi connectivity index (χ4n) is 1.68. The largest absolute Gasteiger partial charge is 0.481 e. The first-order valence-corrected chi connectivity index (χ1v) is 5.80. The summed E-state index contributed by atoms with van der Waals surface area (Å²) in [7, 11) is 0. The molecule has 16 heavy (non-hydrogen) atoms. The molecule has 0 heterocycles. The number of carboxylic acid groups (broad SMARTS) is 1. The summed E-state index contributed by atoms with van der Waals surface area (Å²) in [6.45, 7) is 7.82. The predicted octanol–water partition coefficient (Wildman–Crippen LogP) is 0.698. The average Bonchev–Trinajstić information content (AvgIpc) is 2.24. The van der Waals surface area contributed by atoms with Crippen molar-refractivity contribution in [1.29, 1.82) is 0 Å². The Bertz CT molecular complexity index is 227. The van der Waals surface area contributed by atoms with Crippen LogP contribution in [0.5, 0.6) is 0 Å². The van der Waals surface area contributed by atoms with E-state index in [9.17, 15) is 9.59 Å². The molecule has 0 fully saturated rings. The minimum absolute atomic E-state index is 0.0274. The molecule has 0 radical (unpaired) electrons. The molecule has 1 atom stereocenters. The van der Waals surface area contributed by atoms with Gasteiger partial charge in [0.1, 0.15) is 0 Å². The van der Waals surface area contributed by atoms with Crippen molar-refractivity contribution in [3.05, 3.63) is 0 Å². The molecule has 0 aliphatic heterocycles. The second kappa shape index (κ2) is 8.10. The third-order valence-corrected chi connectivity index (χ3v) is 2.58. The number of carboxylic acids is 1. The van der Waals surface area contributed by atoms with Crippen LogP contribution in [-0.4, -0.2) is 47.6 Å². The number of aliphatic carboxylic acids is 1. The Hall–Kier alpha value is -1.10. The minimum Gasteiger partial charge on any atom is -0.481 e. The van der Waals surface area contributed by atoms with E-state index in [1.54, 1.807) is 0 Å². The number of carbonyl (C=O) groups excluding carboxylic acids is 1. The van der Waals surface area contributed by atoms with Gasteiger partial charge in [-0.1, -0.05) is 20.8 Å². The number of nitrogens with one attached hydrogen (secondary N) is 1. The fourth-order valence-corrected chi connectivity index (χ4v) is 1.68. The molecule has 0 aliphatic rings. The number of likely N-dealkylation sites (N-methyl/N-ethyl adjacent to an activating group) is 1. The van der Waals surface area contributed by atoms with Crippen molar-refractivity contribution in [2.75, 3.05) is 19.6 Å². The smallest absolute Gasteiger partial charge is 0.305 e. The third kappa shape index (κ3) is 5.11. The Morgan fingerprint density at radius 2 is 1.81 bits per heavy atom. The van der Waals surface area contributed by atoms with Crippen LogP contribution in [0.3, 0.4) is 0 Å². The Labute approximate surface area is 96.8 Å². The van der Waals surface area contributed by atoms with E-state index in [1.165, 1.54) is 0 Å². The van der Waals surface area contributed by atoms with Crippen LogP contribution in [0.4, 0.5) is 0 Å². The summed E-state index contributed by atoms with van der Waals surface area (Å²) in [5, 5.41) is 11.1. The van der Waals surface area contributed by atoms with Gasteiger partial charge in [0.05, 0.1) is 12.5 Å². The van der Waals surface area contributed by atoms with Crippen LogP contribution in [0, 0.1) is 0 Å². The van der Waals surface area contributed by atoms with Crippen molar-refractivity contribution in [2.24, 2.45) is 0 Å². The average molecular weight is 230 g/mol. The first-order chi connectivity index (χ1) is 7.56. The van der Waals surface area contributed by atoms with Crippen molar-refractivity contribution < 1.29 is 14.7 Å². The first kappa shape index (κ1) is 14.9. The summed E-state index contributed by atoms with van der Waals surface area (Å²) < 4.78 is 0. The van der Waals surface area contributed by atoms with Gasteiger partial charge in [0.25, 0.3) is 0 Å². The predicted molar refractivity (Wildman–Crippen MR) is 62.3 cm³/mol. The van der Waals surface area contributed by atoms with E-state index in [0.717, 1.165) is 19.5 Å². The van der Waals surface area contributed by atoms with Gasteiger partial charge in [0, 0.05) is 6.54 Å². The summed E-state index contributed by atoms with van der Waals surface area (Å²) >= 11 is 0. The van der Waals surface area contributed by atoms with Gasteiger partial charge in [-0.2, -0.15) is 0 Å². The van der Waals surface area contributed by atoms with Crippen molar-refractivity contribution in [3.63, 3.8) is 0 Å². The van der Waals surface area contributed by atoms with Gasteiger partial charge in [-0.3, -0.25) is 14.5 Å². The molecule has 0 aliphatic carbocycles. The van der Waals surface area contributed by atoms with Gasteiger partial charge in [-0.15, -0.1) is 0 Å². The van der Waals surface area contributed by atoms with Crippen molar-refractivity contribution in [3.8, 4) is 0 Å². The second-order valence-electron chi connectivity index (χ2n) is 3.58. The number of carbonyl (C=O) groups is 2. The molecule has 0 bridgehead atoms. The molecule has 0 spiro atoms. The standard InChI is InChI=1S/C11H22N2O3/c1-4-9(13(5-2)6-3)11(16)12-8-7-10(14)15/h9H,4-8H2,1-3H3,(H,12,16)(H,14,15). The SMILES string of the molecule is CCC(C(=O)NCCC(=O)O)N(CC)CC. The van der Waals surface area contributed by atoms with Gasteiger partial charge < -0.3 is 10.4 Å². The lowest BCUT2D eigenvalue weighted by molar-refractivity contribution is -0.137. The van der Waals surface area contributed by atoms with Crippen molar-refractivity contribution >= 4 is 11.9 Å². The third-order valence-electron chi connectivity index (χ3n) is 2.58. The molecule has 2 N–H and O–H groups in total. The molecule has 1 unspecified atom stereocenters. The number of rotatable bonds is 8. The van der Waals surface area contributed by atoms with E-state index in [1.807, 2.05) is 20.8 Å². The second-order valence-corrected chi connectivity index (χ2v) is 3.58. The summed E-state index contributed by atoms with van der Waals surface area (Å²) in [4.78, 5) is 24.1. The Morgan fingerprint density at radius 1 is 1.25 bits per heavy atom. The monoisotopic (exact) mass is 230 g/mol. The molecule has 5 nitrogen and oxygen atoms in total. The highest BCUT2D eigenvalue weighted by Gasteiger charge is 2.21. The van der Waals surface area contributed by atoms with Crippen LogP contribution in [0.2, 0.25) is 0 Å². The number of hydrogen-bond donors (Lipinski definition) is 2. The summed E-state index contributed by atoms with van der Waals surface area (Å²) in [6.07, 6.45) is 0.709. The van der Waals surface area contributed by atoms with Crippen LogP contribution in [0.15, 0.2) is 0 Å². The topological polar surface area (TPSA) is 69.6 Å². The molecule has 5 heteroatoms. The van der Waals surface area contributed by atoms with E-state index in [-0.39, 0.29) is 24.9 Å². The van der Waals surface area contributed by atoms with Crippen LogP contribution in [0.1, 0.15) is 33.6 Å². The van der Waals surface area contributed by atoms with Crippen LogP contribution >= 0.6 is 0 Å². The normalized spacial score (nSPS) is 12.5. The highest BCUT2D eigenvalue weighted by atomic mass is 16.4. The molecule has 0 aromatic heterocycles. The quantitative estimate of drug-likeness (QED) is 0.644. The van der Waals surface area contributed by atoms with Crippen LogP contribution < -0.4 is 5.32 Å².